The first kappa shape index (κ1) is 83.9. The molecule has 2 amide bonds. The zero-order valence-electron chi connectivity index (χ0n) is 55.5. The number of amides is 2. The molecule has 0 aromatic heterocycles. The fourth-order valence-corrected chi connectivity index (χ4v) is 23.0. The van der Waals surface area contributed by atoms with Crippen LogP contribution in [-0.2, 0) is 40.7 Å². The summed E-state index contributed by atoms with van der Waals surface area (Å²) >= 11 is 14.6. The molecule has 6 fully saturated rings. The Hall–Kier alpha value is 0.640. The van der Waals surface area contributed by atoms with Gasteiger partial charge in [-0.3, -0.25) is 9.59 Å². The van der Waals surface area contributed by atoms with Gasteiger partial charge in [0, 0.05) is 119 Å². The monoisotopic (exact) mass is 2100 g/mol. The minimum absolute atomic E-state index is 0. The third-order valence-corrected chi connectivity index (χ3v) is 34.5. The number of piperazine rings is 6. The SMILES string of the molecule is CC1(CCCCCC(=O)N2CC[N+]3(CC2)CC[N+]2(CCNCC2)CC3)C(/C=C/C=C/C=C/C=C2\N(CCCS(=O)(=O)[O-])c3cc(I)c(I)c(I)c3C2(C)CCCCCC(=O)N2CC[N+]3(CC2)CC[N+]2(CCNCC2)CC3)=[N+](CCCS(=O)(=O)[O-])c2cc(I)c(I)c(I)c21.[Cl-].[Cl-].[Cl-]. The van der Waals surface area contributed by atoms with Crippen molar-refractivity contribution in [3.8, 4) is 0 Å². The van der Waals surface area contributed by atoms with E-state index in [1.165, 1.54) is 106 Å². The number of allylic oxidation sites excluding steroid dienone is 8. The van der Waals surface area contributed by atoms with E-state index < -0.39 is 42.6 Å². The van der Waals surface area contributed by atoms with Crippen LogP contribution in [0.15, 0.2) is 60.4 Å². The number of quaternary nitrogens is 4. The van der Waals surface area contributed by atoms with Gasteiger partial charge in [0.05, 0.1) is 110 Å². The molecule has 0 bridgehead atoms. The Bertz CT molecular complexity index is 3460. The van der Waals surface area contributed by atoms with Crippen LogP contribution in [0.1, 0.15) is 102 Å². The maximum atomic E-state index is 13.7. The number of nitrogens with zero attached hydrogens (tertiary/aromatic N) is 8. The maximum absolute atomic E-state index is 13.7. The molecular weight excluding hydrogens is 2000 g/mol. The van der Waals surface area contributed by atoms with Gasteiger partial charge in [0.15, 0.2) is 5.71 Å². The van der Waals surface area contributed by atoms with E-state index in [0.717, 1.165) is 176 Å². The Balaban J connectivity index is 0.00000433. The van der Waals surface area contributed by atoms with Gasteiger partial charge in [-0.15, -0.1) is 0 Å². The van der Waals surface area contributed by atoms with Crippen LogP contribution in [0.2, 0.25) is 0 Å². The molecule has 2 aromatic carbocycles. The molecule has 6 saturated heterocycles. The van der Waals surface area contributed by atoms with Crippen molar-refractivity contribution < 1.29 is 95.3 Å². The third kappa shape index (κ3) is 20.2. The number of hydrogen-bond acceptors (Lipinski definition) is 11. The van der Waals surface area contributed by atoms with Crippen molar-refractivity contribution in [3.63, 3.8) is 0 Å². The Morgan fingerprint density at radius 1 is 0.521 bits per heavy atom. The second kappa shape index (κ2) is 36.3. The zero-order valence-corrected chi connectivity index (χ0v) is 72.4. The fourth-order valence-electron chi connectivity index (χ4n) is 16.7. The van der Waals surface area contributed by atoms with Crippen molar-refractivity contribution in [3.05, 3.63) is 92.9 Å². The van der Waals surface area contributed by atoms with E-state index in [1.807, 2.05) is 30.4 Å². The summed E-state index contributed by atoms with van der Waals surface area (Å²) in [6.07, 6.45) is 22.7. The van der Waals surface area contributed by atoms with Gasteiger partial charge >= 0.3 is 0 Å². The van der Waals surface area contributed by atoms with Gasteiger partial charge in [-0.05, 0) is 194 Å². The highest BCUT2D eigenvalue weighted by molar-refractivity contribution is 14.1. The second-order valence-electron chi connectivity index (χ2n) is 28.4. The number of carbonyl (C=O) groups is 2. The summed E-state index contributed by atoms with van der Waals surface area (Å²) in [6.45, 7) is 32.3. The lowest BCUT2D eigenvalue weighted by Crippen LogP contribution is -3.00. The molecule has 2 unspecified atom stereocenters. The molecule has 8 aliphatic rings. The Morgan fingerprint density at radius 3 is 1.42 bits per heavy atom. The zero-order chi connectivity index (χ0) is 66.5. The van der Waals surface area contributed by atoms with E-state index in [1.54, 1.807) is 0 Å². The second-order valence-corrected chi connectivity index (χ2v) is 38.0. The Labute approximate surface area is 673 Å². The molecule has 96 heavy (non-hydrogen) atoms. The number of rotatable bonds is 24. The van der Waals surface area contributed by atoms with Crippen molar-refractivity contribution in [1.29, 1.82) is 0 Å². The van der Waals surface area contributed by atoms with Crippen molar-refractivity contribution in [2.24, 2.45) is 0 Å². The van der Waals surface area contributed by atoms with Crippen LogP contribution in [-0.4, -0.2) is 257 Å². The first-order chi connectivity index (χ1) is 44.2. The molecule has 18 nitrogen and oxygen atoms in total. The van der Waals surface area contributed by atoms with Gasteiger partial charge in [0.1, 0.15) is 58.9 Å². The molecule has 10 rings (SSSR count). The first-order valence-corrected chi connectivity index (χ1v) is 43.6. The predicted molar refractivity (Wildman–Crippen MR) is 419 cm³/mol. The summed E-state index contributed by atoms with van der Waals surface area (Å²) in [5.74, 6) is -0.371. The van der Waals surface area contributed by atoms with Gasteiger partial charge in [0.2, 0.25) is 17.5 Å². The first-order valence-electron chi connectivity index (χ1n) is 34.0. The van der Waals surface area contributed by atoms with Gasteiger partial charge in [-0.25, -0.2) is 16.8 Å². The Morgan fingerprint density at radius 2 is 0.938 bits per heavy atom. The molecule has 0 aliphatic carbocycles. The highest BCUT2D eigenvalue weighted by atomic mass is 127. The summed E-state index contributed by atoms with van der Waals surface area (Å²) in [6, 6.07) is 4.39. The number of anilines is 1. The highest BCUT2D eigenvalue weighted by Crippen LogP contribution is 2.54. The minimum atomic E-state index is -4.43. The highest BCUT2D eigenvalue weighted by Gasteiger charge is 2.51. The lowest BCUT2D eigenvalue weighted by Gasteiger charge is -2.53. The molecule has 0 saturated carbocycles. The normalized spacial score (nSPS) is 24.1. The van der Waals surface area contributed by atoms with E-state index in [4.69, 9.17) is 0 Å². The largest absolute Gasteiger partial charge is 1.00 e. The Kier molecular flexibility index (Phi) is 31.7. The van der Waals surface area contributed by atoms with Crippen molar-refractivity contribution in [2.75, 3.05) is 187 Å². The number of unbranched alkanes of at least 4 members (excludes halogenated alkanes) is 4. The van der Waals surface area contributed by atoms with Crippen LogP contribution in [0.3, 0.4) is 0 Å². The topological polar surface area (TPSA) is 185 Å². The number of halogens is 9. The summed E-state index contributed by atoms with van der Waals surface area (Å²) in [7, 11) is -8.86. The number of benzene rings is 2. The van der Waals surface area contributed by atoms with Gasteiger partial charge in [-0.2, -0.15) is 4.58 Å². The molecule has 538 valence electrons. The minimum Gasteiger partial charge on any atom is -1.00 e. The van der Waals surface area contributed by atoms with E-state index in [0.29, 0.717) is 25.9 Å². The fraction of sp³-hybridized carbons (Fsp3) is 0.657. The quantitative estimate of drug-likeness (QED) is 0.0274. The van der Waals surface area contributed by atoms with Gasteiger partial charge in [0.25, 0.3) is 0 Å². The number of nitrogens with one attached hydrogen (secondary N) is 2. The third-order valence-electron chi connectivity index (χ3n) is 22.6. The molecule has 8 heterocycles. The molecule has 2 N–H and O–H groups in total. The molecule has 4 spiro atoms. The molecule has 2 atom stereocenters. The molecule has 2 aromatic rings. The van der Waals surface area contributed by atoms with Crippen LogP contribution in [0.4, 0.5) is 11.4 Å². The average Bonchev–Trinajstić information content (AvgIpc) is 1.57. The summed E-state index contributed by atoms with van der Waals surface area (Å²) in [5, 5.41) is 7.08. The van der Waals surface area contributed by atoms with E-state index in [-0.39, 0.29) is 61.9 Å². The van der Waals surface area contributed by atoms with Crippen LogP contribution < -0.4 is 52.8 Å². The molecule has 0 radical (unpaired) electrons. The van der Waals surface area contributed by atoms with Crippen LogP contribution in [0.25, 0.3) is 0 Å². The number of fused-ring (bicyclic) bond motifs is 2. The molecule has 29 heteroatoms. The van der Waals surface area contributed by atoms with E-state index in [9.17, 15) is 35.5 Å². The average molecular weight is 2100 g/mol. The molecule has 8 aliphatic heterocycles. The predicted octanol–water partition coefficient (Wildman–Crippen LogP) is -0.0303. The van der Waals surface area contributed by atoms with Crippen molar-refractivity contribution in [2.45, 2.75) is 102 Å². The lowest BCUT2D eigenvalue weighted by molar-refractivity contribution is -1.03. The summed E-state index contributed by atoms with van der Waals surface area (Å²) in [4.78, 5) is 34.0. The van der Waals surface area contributed by atoms with Crippen molar-refractivity contribution in [1.82, 2.24) is 20.4 Å². The van der Waals surface area contributed by atoms with E-state index >= 15 is 0 Å². The van der Waals surface area contributed by atoms with Gasteiger partial charge in [-0.1, -0.05) is 56.1 Å². The summed E-state index contributed by atoms with van der Waals surface area (Å²) in [5.41, 5.74) is 5.65. The number of carbonyl (C=O) groups excluding carboxylic acids is 2. The lowest BCUT2D eigenvalue weighted by atomic mass is 9.75. The van der Waals surface area contributed by atoms with E-state index in [2.05, 4.69) is 204 Å². The van der Waals surface area contributed by atoms with Crippen molar-refractivity contribution >= 4 is 185 Å². The smallest absolute Gasteiger partial charge is 0.222 e. The maximum Gasteiger partial charge on any atom is 0.222 e. The summed E-state index contributed by atoms with van der Waals surface area (Å²) < 4.78 is 86.0. The van der Waals surface area contributed by atoms with Crippen LogP contribution in [0.5, 0.6) is 0 Å². The standard InChI is InChI=1S/C67H97I6N10O8S2.3ClH/c1-66(20-12-6-10-18-58(84)76-28-36-82(37-29-76)44-40-80(41-45-82)32-22-74-23-33-80)56(78(26-14-48-92(86,87)88)54-50-52(68)62(70)64(72)60(54)66)16-8-4-3-5-9-17-57-67(2,61-55(51-53(69)63(71)65(61)73)79(57)27-15-49-93(89,90)91)21-13-7-11-19-59(85)77-30-38-83(39-31-77)46-42-81(43-47-83)34-24-75-25-35-81;;;/h3-5,8-9,16-17,50-51,74-75H,6-7,10-15,18-49H2,1-2H3;3*1H/q+3;;;/p-3. The molecular formula is C67H97Cl3I6N10O8S2. The van der Waals surface area contributed by atoms with Crippen LogP contribution >= 0.6 is 136 Å². The van der Waals surface area contributed by atoms with Gasteiger partial charge < -0.3 is 89.6 Å². The van der Waals surface area contributed by atoms with Crippen LogP contribution in [0, 0.1) is 21.4 Å². The number of hydrogen-bond donors (Lipinski definition) is 2.